The minimum absolute atomic E-state index is 0.0515. The van der Waals surface area contributed by atoms with Gasteiger partial charge in [0.25, 0.3) is 5.69 Å². The van der Waals surface area contributed by atoms with Gasteiger partial charge in [0, 0.05) is 29.5 Å². The van der Waals surface area contributed by atoms with Crippen molar-refractivity contribution in [3.05, 3.63) is 40.7 Å². The molecule has 0 saturated carbocycles. The summed E-state index contributed by atoms with van der Waals surface area (Å²) in [5.74, 6) is -0.742. The fourth-order valence-electron chi connectivity index (χ4n) is 2.34. The molecule has 0 bridgehead atoms. The lowest BCUT2D eigenvalue weighted by molar-refractivity contribution is -0.383. The second kappa shape index (κ2) is 6.38. The van der Waals surface area contributed by atoms with E-state index in [1.165, 1.54) is 24.5 Å². The third-order valence-corrected chi connectivity index (χ3v) is 3.33. The van der Waals surface area contributed by atoms with Crippen molar-refractivity contribution in [3.63, 3.8) is 0 Å². The van der Waals surface area contributed by atoms with Crippen LogP contribution in [0.1, 0.15) is 20.3 Å². The van der Waals surface area contributed by atoms with Gasteiger partial charge in [0.15, 0.2) is 0 Å². The number of aliphatic carboxylic acids is 1. The predicted molar refractivity (Wildman–Crippen MR) is 82.9 cm³/mol. The number of fused-ring (bicyclic) bond motifs is 1. The van der Waals surface area contributed by atoms with E-state index in [0.29, 0.717) is 22.9 Å². The van der Waals surface area contributed by atoms with E-state index < -0.39 is 16.9 Å². The van der Waals surface area contributed by atoms with E-state index in [4.69, 9.17) is 0 Å². The molecule has 0 spiro atoms. The largest absolute Gasteiger partial charge is 0.480 e. The van der Waals surface area contributed by atoms with Crippen molar-refractivity contribution in [2.75, 3.05) is 5.32 Å². The molecule has 1 heterocycles. The molecule has 0 amide bonds. The van der Waals surface area contributed by atoms with Crippen LogP contribution < -0.4 is 5.32 Å². The number of nitro benzene ring substituents is 1. The molecule has 1 aromatic heterocycles. The number of nitro groups is 1. The Morgan fingerprint density at radius 2 is 2.09 bits per heavy atom. The molecule has 0 saturated heterocycles. The van der Waals surface area contributed by atoms with Crippen LogP contribution in [0.25, 0.3) is 10.8 Å². The van der Waals surface area contributed by atoms with Crippen molar-refractivity contribution in [1.82, 2.24) is 4.98 Å². The number of aromatic nitrogens is 1. The summed E-state index contributed by atoms with van der Waals surface area (Å²) in [7, 11) is 0. The van der Waals surface area contributed by atoms with Crippen molar-refractivity contribution >= 4 is 28.1 Å². The van der Waals surface area contributed by atoms with Crippen molar-refractivity contribution in [1.29, 1.82) is 0 Å². The van der Waals surface area contributed by atoms with E-state index in [1.54, 1.807) is 6.07 Å². The second-order valence-corrected chi connectivity index (χ2v) is 5.48. The molecule has 2 aromatic rings. The molecule has 2 rings (SSSR count). The number of carboxylic acids is 1. The van der Waals surface area contributed by atoms with Crippen LogP contribution in [0.15, 0.2) is 30.6 Å². The number of carbonyl (C=O) groups is 1. The van der Waals surface area contributed by atoms with Crippen LogP contribution in [-0.2, 0) is 4.79 Å². The highest BCUT2D eigenvalue weighted by atomic mass is 16.6. The summed E-state index contributed by atoms with van der Waals surface area (Å²) in [6.07, 6.45) is 3.39. The highest BCUT2D eigenvalue weighted by molar-refractivity contribution is 6.00. The number of nitrogens with zero attached hydrogens (tertiary/aromatic N) is 2. The molecule has 0 aliphatic rings. The maximum atomic E-state index is 11.4. The first-order valence-corrected chi connectivity index (χ1v) is 6.90. The number of nitrogens with one attached hydrogen (secondary N) is 1. The molecular formula is C15H17N3O4. The Bertz CT molecular complexity index is 715. The molecule has 1 aromatic carbocycles. The highest BCUT2D eigenvalue weighted by Crippen LogP contribution is 2.31. The van der Waals surface area contributed by atoms with Gasteiger partial charge in [-0.2, -0.15) is 0 Å². The number of hydrogen-bond donors (Lipinski definition) is 2. The SMILES string of the molecule is CC(C)CC(Nc1ccc([N+](=O)[O-])c2cnccc12)C(=O)O. The Kier molecular flexibility index (Phi) is 4.55. The number of hydrogen-bond acceptors (Lipinski definition) is 5. The monoisotopic (exact) mass is 303 g/mol. The average molecular weight is 303 g/mol. The van der Waals surface area contributed by atoms with Crippen molar-refractivity contribution < 1.29 is 14.8 Å². The molecule has 0 radical (unpaired) electrons. The normalized spacial score (nSPS) is 12.3. The Morgan fingerprint density at radius 1 is 1.36 bits per heavy atom. The van der Waals surface area contributed by atoms with Gasteiger partial charge in [0.05, 0.1) is 10.3 Å². The van der Waals surface area contributed by atoms with Gasteiger partial charge in [-0.15, -0.1) is 0 Å². The Hall–Kier alpha value is -2.70. The number of rotatable bonds is 6. The van der Waals surface area contributed by atoms with Crippen LogP contribution in [0.2, 0.25) is 0 Å². The summed E-state index contributed by atoms with van der Waals surface area (Å²) in [5.41, 5.74) is 0.500. The van der Waals surface area contributed by atoms with E-state index >= 15 is 0 Å². The average Bonchev–Trinajstić information content (AvgIpc) is 2.45. The zero-order valence-corrected chi connectivity index (χ0v) is 12.3. The quantitative estimate of drug-likeness (QED) is 0.627. The first-order chi connectivity index (χ1) is 10.4. The van der Waals surface area contributed by atoms with Crippen LogP contribution in [0, 0.1) is 16.0 Å². The van der Waals surface area contributed by atoms with Gasteiger partial charge in [0.2, 0.25) is 0 Å². The van der Waals surface area contributed by atoms with E-state index in [1.807, 2.05) is 13.8 Å². The molecule has 7 nitrogen and oxygen atoms in total. The maximum absolute atomic E-state index is 11.4. The second-order valence-electron chi connectivity index (χ2n) is 5.48. The Balaban J connectivity index is 2.46. The smallest absolute Gasteiger partial charge is 0.326 e. The van der Waals surface area contributed by atoms with Crippen LogP contribution in [0.3, 0.4) is 0 Å². The number of anilines is 1. The first-order valence-electron chi connectivity index (χ1n) is 6.90. The first kappa shape index (κ1) is 15.7. The van der Waals surface area contributed by atoms with Gasteiger partial charge in [-0.3, -0.25) is 15.1 Å². The third-order valence-electron chi connectivity index (χ3n) is 3.33. The number of carboxylic acid groups (broad SMARTS) is 1. The van der Waals surface area contributed by atoms with Crippen molar-refractivity contribution in [3.8, 4) is 0 Å². The van der Waals surface area contributed by atoms with E-state index in [0.717, 1.165) is 0 Å². The van der Waals surface area contributed by atoms with E-state index in [-0.39, 0.29) is 11.6 Å². The molecule has 22 heavy (non-hydrogen) atoms. The lowest BCUT2D eigenvalue weighted by Gasteiger charge is -2.18. The fourth-order valence-corrected chi connectivity index (χ4v) is 2.34. The van der Waals surface area contributed by atoms with Crippen molar-refractivity contribution in [2.24, 2.45) is 5.92 Å². The number of benzene rings is 1. The Morgan fingerprint density at radius 3 is 2.68 bits per heavy atom. The number of pyridine rings is 1. The molecule has 0 aliphatic heterocycles. The molecular weight excluding hydrogens is 286 g/mol. The van der Waals surface area contributed by atoms with Gasteiger partial charge < -0.3 is 10.4 Å². The van der Waals surface area contributed by atoms with Gasteiger partial charge in [-0.1, -0.05) is 13.8 Å². The zero-order chi connectivity index (χ0) is 16.3. The van der Waals surface area contributed by atoms with E-state index in [9.17, 15) is 20.0 Å². The molecule has 1 unspecified atom stereocenters. The zero-order valence-electron chi connectivity index (χ0n) is 12.3. The molecule has 116 valence electrons. The minimum Gasteiger partial charge on any atom is -0.480 e. The third kappa shape index (κ3) is 3.30. The van der Waals surface area contributed by atoms with Crippen LogP contribution in [0.5, 0.6) is 0 Å². The van der Waals surface area contributed by atoms with Gasteiger partial charge in [0.1, 0.15) is 6.04 Å². The van der Waals surface area contributed by atoms with Crippen molar-refractivity contribution in [2.45, 2.75) is 26.3 Å². The summed E-state index contributed by atoms with van der Waals surface area (Å²) in [6.45, 7) is 3.88. The highest BCUT2D eigenvalue weighted by Gasteiger charge is 2.21. The van der Waals surface area contributed by atoms with Gasteiger partial charge >= 0.3 is 5.97 Å². The molecule has 0 fully saturated rings. The molecule has 0 aliphatic carbocycles. The lowest BCUT2D eigenvalue weighted by atomic mass is 10.0. The summed E-state index contributed by atoms with van der Waals surface area (Å²) >= 11 is 0. The minimum atomic E-state index is -0.950. The van der Waals surface area contributed by atoms with Gasteiger partial charge in [-0.25, -0.2) is 4.79 Å². The summed E-state index contributed by atoms with van der Waals surface area (Å²) < 4.78 is 0. The molecule has 1 atom stereocenters. The number of non-ortho nitro benzene ring substituents is 1. The topological polar surface area (TPSA) is 105 Å². The Labute approximate surface area is 127 Å². The van der Waals surface area contributed by atoms with Crippen LogP contribution >= 0.6 is 0 Å². The van der Waals surface area contributed by atoms with Crippen LogP contribution in [0.4, 0.5) is 11.4 Å². The summed E-state index contributed by atoms with van der Waals surface area (Å²) in [4.78, 5) is 25.9. The molecule has 2 N–H and O–H groups in total. The summed E-state index contributed by atoms with van der Waals surface area (Å²) in [5, 5.41) is 24.3. The fraction of sp³-hybridized carbons (Fsp3) is 0.333. The van der Waals surface area contributed by atoms with Gasteiger partial charge in [-0.05, 0) is 24.5 Å². The predicted octanol–water partition coefficient (Wildman–Crippen LogP) is 3.05. The van der Waals surface area contributed by atoms with Crippen LogP contribution in [-0.4, -0.2) is 27.0 Å². The standard InChI is InChI=1S/C15H17N3O4/c1-9(2)7-13(15(19)20)17-12-3-4-14(18(21)22)11-8-16-6-5-10(11)12/h3-6,8-9,13,17H,7H2,1-2H3,(H,19,20). The maximum Gasteiger partial charge on any atom is 0.326 e. The lowest BCUT2D eigenvalue weighted by Crippen LogP contribution is -2.30. The molecule has 7 heteroatoms. The van der Waals surface area contributed by atoms with E-state index in [2.05, 4.69) is 10.3 Å². The summed E-state index contributed by atoms with van der Waals surface area (Å²) in [6, 6.07) is 3.79.